The number of thiocarbonyl (C=S) groups is 1. The first-order chi connectivity index (χ1) is 15.2. The molecule has 0 amide bonds. The summed E-state index contributed by atoms with van der Waals surface area (Å²) in [6.07, 6.45) is 0.706. The number of hydrazone groups is 1. The van der Waals surface area contributed by atoms with Crippen LogP contribution in [0.4, 0.5) is 5.69 Å². The van der Waals surface area contributed by atoms with Gasteiger partial charge in [0.2, 0.25) is 0 Å². The lowest BCUT2D eigenvalue weighted by Crippen LogP contribution is -2.31. The fourth-order valence-electron chi connectivity index (χ4n) is 3.74. The smallest absolute Gasteiger partial charge is 0.194 e. The van der Waals surface area contributed by atoms with Crippen molar-refractivity contribution in [2.75, 3.05) is 18.5 Å². The van der Waals surface area contributed by atoms with Crippen LogP contribution >= 0.6 is 23.8 Å². The van der Waals surface area contributed by atoms with E-state index in [9.17, 15) is 0 Å². The molecule has 0 spiro atoms. The minimum atomic E-state index is -0.0646. The molecule has 0 aromatic heterocycles. The number of ether oxygens (including phenoxy) is 2. The van der Waals surface area contributed by atoms with Crippen molar-refractivity contribution in [3.8, 4) is 11.5 Å². The Morgan fingerprint density at radius 1 is 0.968 bits per heavy atom. The van der Waals surface area contributed by atoms with Gasteiger partial charge in [0.25, 0.3) is 0 Å². The predicted molar refractivity (Wildman–Crippen MR) is 127 cm³/mol. The number of benzene rings is 3. The van der Waals surface area contributed by atoms with E-state index in [0.29, 0.717) is 29.8 Å². The fraction of sp³-hybridized carbons (Fsp3) is 0.167. The molecule has 2 aliphatic rings. The lowest BCUT2D eigenvalue weighted by molar-refractivity contribution is 0.171. The maximum Gasteiger partial charge on any atom is 0.194 e. The molecule has 3 aromatic carbocycles. The fourth-order valence-corrected chi connectivity index (χ4v) is 4.16. The van der Waals surface area contributed by atoms with E-state index in [2.05, 4.69) is 11.4 Å². The number of hydrogen-bond acceptors (Lipinski definition) is 4. The van der Waals surface area contributed by atoms with Gasteiger partial charge in [0, 0.05) is 17.1 Å². The van der Waals surface area contributed by atoms with Gasteiger partial charge < -0.3 is 14.8 Å². The maximum atomic E-state index is 6.07. The second-order valence-electron chi connectivity index (χ2n) is 7.32. The number of hydrogen-bond donors (Lipinski definition) is 1. The van der Waals surface area contributed by atoms with Crippen LogP contribution in [0.1, 0.15) is 23.6 Å². The molecule has 0 bridgehead atoms. The third-order valence-electron chi connectivity index (χ3n) is 5.27. The van der Waals surface area contributed by atoms with Gasteiger partial charge in [-0.1, -0.05) is 48.0 Å². The molecule has 156 valence electrons. The molecule has 1 N–H and O–H groups in total. The first kappa shape index (κ1) is 19.8. The number of halogens is 1. The highest BCUT2D eigenvalue weighted by molar-refractivity contribution is 7.80. The van der Waals surface area contributed by atoms with Crippen LogP contribution in [-0.2, 0) is 0 Å². The summed E-state index contributed by atoms with van der Waals surface area (Å²) in [4.78, 5) is 0. The minimum absolute atomic E-state index is 0.0646. The lowest BCUT2D eigenvalue weighted by atomic mass is 9.98. The van der Waals surface area contributed by atoms with E-state index in [1.165, 1.54) is 0 Å². The molecule has 5 rings (SSSR count). The van der Waals surface area contributed by atoms with E-state index >= 15 is 0 Å². The molecule has 1 unspecified atom stereocenters. The monoisotopic (exact) mass is 449 g/mol. The van der Waals surface area contributed by atoms with Crippen LogP contribution in [0.5, 0.6) is 11.5 Å². The zero-order chi connectivity index (χ0) is 21.2. The molecular formula is C24H20ClN3O2S. The third kappa shape index (κ3) is 4.22. The zero-order valence-electron chi connectivity index (χ0n) is 16.6. The Hall–Kier alpha value is -3.09. The molecule has 31 heavy (non-hydrogen) atoms. The van der Waals surface area contributed by atoms with Crippen LogP contribution in [0.25, 0.3) is 0 Å². The van der Waals surface area contributed by atoms with Gasteiger partial charge in [0.1, 0.15) is 13.2 Å². The van der Waals surface area contributed by atoms with Crippen molar-refractivity contribution in [3.63, 3.8) is 0 Å². The number of anilines is 1. The van der Waals surface area contributed by atoms with E-state index < -0.39 is 0 Å². The van der Waals surface area contributed by atoms with Gasteiger partial charge in [-0.05, 0) is 59.7 Å². The molecule has 2 heterocycles. The van der Waals surface area contributed by atoms with Crippen LogP contribution in [0, 0.1) is 0 Å². The van der Waals surface area contributed by atoms with Gasteiger partial charge in [-0.2, -0.15) is 5.10 Å². The third-order valence-corrected chi connectivity index (χ3v) is 5.81. The summed E-state index contributed by atoms with van der Waals surface area (Å²) >= 11 is 11.8. The minimum Gasteiger partial charge on any atom is -0.486 e. The highest BCUT2D eigenvalue weighted by Gasteiger charge is 2.32. The zero-order valence-corrected chi connectivity index (χ0v) is 18.2. The SMILES string of the molecule is S=C(Nc1ccccc1)N1N=C(c2ccc(Cl)cc2)CC1c1ccc2c(c1)OCCO2. The van der Waals surface area contributed by atoms with Crippen molar-refractivity contribution in [2.45, 2.75) is 12.5 Å². The quantitative estimate of drug-likeness (QED) is 0.523. The van der Waals surface area contributed by atoms with Crippen LogP contribution in [-0.4, -0.2) is 29.0 Å². The summed E-state index contributed by atoms with van der Waals surface area (Å²) in [5, 5.41) is 11.3. The van der Waals surface area contributed by atoms with Crippen molar-refractivity contribution in [3.05, 3.63) is 88.9 Å². The van der Waals surface area contributed by atoms with E-state index in [-0.39, 0.29) is 6.04 Å². The Balaban J connectivity index is 1.48. The summed E-state index contributed by atoms with van der Waals surface area (Å²) < 4.78 is 11.5. The first-order valence-electron chi connectivity index (χ1n) is 10.1. The Morgan fingerprint density at radius 2 is 1.71 bits per heavy atom. The summed E-state index contributed by atoms with van der Waals surface area (Å²) in [5.74, 6) is 1.52. The molecular weight excluding hydrogens is 430 g/mol. The number of nitrogens with zero attached hydrogens (tertiary/aromatic N) is 2. The van der Waals surface area contributed by atoms with E-state index in [0.717, 1.165) is 34.0 Å². The Labute approximate surface area is 191 Å². The van der Waals surface area contributed by atoms with Crippen molar-refractivity contribution in [1.82, 2.24) is 5.01 Å². The van der Waals surface area contributed by atoms with Crippen LogP contribution in [0.3, 0.4) is 0 Å². The topological polar surface area (TPSA) is 46.1 Å². The number of rotatable bonds is 3. The summed E-state index contributed by atoms with van der Waals surface area (Å²) in [6.45, 7) is 1.11. The van der Waals surface area contributed by atoms with E-state index in [1.807, 2.05) is 71.7 Å². The Bertz CT molecular complexity index is 1140. The Kier molecular flexibility index (Phi) is 5.49. The molecule has 0 saturated heterocycles. The van der Waals surface area contributed by atoms with Gasteiger partial charge >= 0.3 is 0 Å². The molecule has 7 heteroatoms. The molecule has 5 nitrogen and oxygen atoms in total. The summed E-state index contributed by atoms with van der Waals surface area (Å²) in [5.41, 5.74) is 3.96. The second-order valence-corrected chi connectivity index (χ2v) is 8.14. The van der Waals surface area contributed by atoms with Crippen molar-refractivity contribution in [1.29, 1.82) is 0 Å². The van der Waals surface area contributed by atoms with Gasteiger partial charge in [0.15, 0.2) is 16.6 Å². The highest BCUT2D eigenvalue weighted by atomic mass is 35.5. The average molecular weight is 450 g/mol. The lowest BCUT2D eigenvalue weighted by Gasteiger charge is -2.26. The largest absolute Gasteiger partial charge is 0.486 e. The highest BCUT2D eigenvalue weighted by Crippen LogP contribution is 2.38. The van der Waals surface area contributed by atoms with Gasteiger partial charge in [-0.25, -0.2) is 5.01 Å². The molecule has 2 aliphatic heterocycles. The van der Waals surface area contributed by atoms with Crippen molar-refractivity contribution in [2.24, 2.45) is 5.10 Å². The molecule has 0 radical (unpaired) electrons. The molecule has 0 aliphatic carbocycles. The van der Waals surface area contributed by atoms with Crippen molar-refractivity contribution >= 4 is 40.3 Å². The van der Waals surface area contributed by atoms with Crippen LogP contribution < -0.4 is 14.8 Å². The maximum absolute atomic E-state index is 6.07. The normalized spacial score (nSPS) is 17.3. The predicted octanol–water partition coefficient (Wildman–Crippen LogP) is 5.66. The Morgan fingerprint density at radius 3 is 2.48 bits per heavy atom. The van der Waals surface area contributed by atoms with Gasteiger partial charge in [0.05, 0.1) is 11.8 Å². The van der Waals surface area contributed by atoms with Crippen molar-refractivity contribution < 1.29 is 9.47 Å². The van der Waals surface area contributed by atoms with Gasteiger partial charge in [-0.15, -0.1) is 0 Å². The average Bonchev–Trinajstić information content (AvgIpc) is 3.26. The number of para-hydroxylation sites is 1. The standard InChI is InChI=1S/C24H20ClN3O2S/c25-18-9-6-16(7-10-18)20-15-21(17-8-11-22-23(14-17)30-13-12-29-22)28(27-20)24(31)26-19-4-2-1-3-5-19/h1-11,14,21H,12-13,15H2,(H,26,31). The molecule has 0 saturated carbocycles. The molecule has 1 atom stereocenters. The number of nitrogens with one attached hydrogen (secondary N) is 1. The summed E-state index contributed by atoms with van der Waals surface area (Å²) in [7, 11) is 0. The van der Waals surface area contributed by atoms with E-state index in [1.54, 1.807) is 0 Å². The molecule has 3 aromatic rings. The van der Waals surface area contributed by atoms with Crippen LogP contribution in [0.15, 0.2) is 77.9 Å². The summed E-state index contributed by atoms with van der Waals surface area (Å²) in [6, 6.07) is 23.6. The molecule has 0 fully saturated rings. The second kappa shape index (κ2) is 8.57. The first-order valence-corrected chi connectivity index (χ1v) is 10.8. The van der Waals surface area contributed by atoms with Crippen LogP contribution in [0.2, 0.25) is 5.02 Å². The van der Waals surface area contributed by atoms with Gasteiger partial charge in [-0.3, -0.25) is 0 Å². The van der Waals surface area contributed by atoms with E-state index in [4.69, 9.17) is 38.4 Å². The number of fused-ring (bicyclic) bond motifs is 1.